The second kappa shape index (κ2) is 12.1. The SMILES string of the molecule is O=C(c1cccc(CSc2nc(Cl)cc(N3CCOCC3)n2)c1)N1CCN(Cc2ccccc2)CC1. The first-order valence-electron chi connectivity index (χ1n) is 12.3. The van der Waals surface area contributed by atoms with Gasteiger partial charge in [0.15, 0.2) is 5.16 Å². The van der Waals surface area contributed by atoms with Crippen LogP contribution in [-0.2, 0) is 17.0 Å². The van der Waals surface area contributed by atoms with Gasteiger partial charge in [0.05, 0.1) is 13.2 Å². The Morgan fingerprint density at radius 3 is 2.42 bits per heavy atom. The number of aromatic nitrogens is 2. The minimum atomic E-state index is 0.0924. The standard InChI is InChI=1S/C27H30ClN5O2S/c28-24-18-25(32-13-15-35-16-14-32)30-27(29-24)36-20-22-7-4-8-23(17-22)26(34)33-11-9-31(10-12-33)19-21-5-2-1-3-6-21/h1-8,17-18H,9-16,19-20H2. The molecule has 7 nitrogen and oxygen atoms in total. The van der Waals surface area contributed by atoms with Gasteiger partial charge in [-0.2, -0.15) is 0 Å². The van der Waals surface area contributed by atoms with E-state index < -0.39 is 0 Å². The molecule has 3 aromatic rings. The molecule has 0 unspecified atom stereocenters. The molecule has 9 heteroatoms. The quantitative estimate of drug-likeness (QED) is 0.261. The average molecular weight is 524 g/mol. The molecule has 0 atom stereocenters. The summed E-state index contributed by atoms with van der Waals surface area (Å²) in [5.74, 6) is 1.58. The van der Waals surface area contributed by atoms with Crippen LogP contribution in [0, 0.1) is 0 Å². The third-order valence-electron chi connectivity index (χ3n) is 6.45. The number of morpholine rings is 1. The fourth-order valence-corrected chi connectivity index (χ4v) is 5.50. The van der Waals surface area contributed by atoms with Crippen molar-refractivity contribution in [3.8, 4) is 0 Å². The summed E-state index contributed by atoms with van der Waals surface area (Å²) >= 11 is 7.81. The molecule has 0 saturated carbocycles. The molecule has 1 amide bonds. The third kappa shape index (κ3) is 6.56. The first-order chi connectivity index (χ1) is 17.6. The Balaban J connectivity index is 1.17. The van der Waals surface area contributed by atoms with Crippen LogP contribution in [0.1, 0.15) is 21.5 Å². The number of piperazine rings is 1. The molecule has 2 aromatic carbocycles. The molecular formula is C27H30ClN5O2S. The second-order valence-electron chi connectivity index (χ2n) is 8.97. The molecule has 2 fully saturated rings. The van der Waals surface area contributed by atoms with E-state index in [9.17, 15) is 4.79 Å². The predicted molar refractivity (Wildman–Crippen MR) is 144 cm³/mol. The van der Waals surface area contributed by atoms with Crippen molar-refractivity contribution in [2.24, 2.45) is 0 Å². The van der Waals surface area contributed by atoms with Gasteiger partial charge in [0.2, 0.25) is 0 Å². The molecule has 36 heavy (non-hydrogen) atoms. The van der Waals surface area contributed by atoms with Crippen LogP contribution in [0.4, 0.5) is 5.82 Å². The number of rotatable bonds is 7. The summed E-state index contributed by atoms with van der Waals surface area (Å²) in [6.07, 6.45) is 0. The topological polar surface area (TPSA) is 61.8 Å². The summed E-state index contributed by atoms with van der Waals surface area (Å²) in [4.78, 5) is 28.8. The number of benzene rings is 2. The molecule has 2 saturated heterocycles. The van der Waals surface area contributed by atoms with Gasteiger partial charge >= 0.3 is 0 Å². The van der Waals surface area contributed by atoms with Gasteiger partial charge in [-0.25, -0.2) is 9.97 Å². The smallest absolute Gasteiger partial charge is 0.253 e. The lowest BCUT2D eigenvalue weighted by Crippen LogP contribution is -2.48. The molecule has 0 radical (unpaired) electrons. The van der Waals surface area contributed by atoms with Crippen LogP contribution in [0.15, 0.2) is 65.8 Å². The molecule has 2 aliphatic rings. The summed E-state index contributed by atoms with van der Waals surface area (Å²) in [6.45, 7) is 7.14. The summed E-state index contributed by atoms with van der Waals surface area (Å²) in [5, 5.41) is 1.07. The first kappa shape index (κ1) is 25.0. The van der Waals surface area contributed by atoms with Gasteiger partial charge in [-0.05, 0) is 23.3 Å². The van der Waals surface area contributed by atoms with Crippen LogP contribution in [-0.4, -0.2) is 78.2 Å². The Labute approximate surface area is 221 Å². The first-order valence-corrected chi connectivity index (χ1v) is 13.6. The third-order valence-corrected chi connectivity index (χ3v) is 7.56. The minimum absolute atomic E-state index is 0.0924. The van der Waals surface area contributed by atoms with Gasteiger partial charge in [0.1, 0.15) is 11.0 Å². The van der Waals surface area contributed by atoms with Crippen molar-refractivity contribution in [3.05, 3.63) is 82.5 Å². The number of hydrogen-bond donors (Lipinski definition) is 0. The summed E-state index contributed by atoms with van der Waals surface area (Å²) in [6, 6.07) is 20.2. The van der Waals surface area contributed by atoms with Crippen LogP contribution < -0.4 is 4.90 Å². The number of anilines is 1. The monoisotopic (exact) mass is 523 g/mol. The summed E-state index contributed by atoms with van der Waals surface area (Å²) in [7, 11) is 0. The maximum absolute atomic E-state index is 13.2. The van der Waals surface area contributed by atoms with Gasteiger partial charge in [-0.1, -0.05) is 65.8 Å². The van der Waals surface area contributed by atoms with Gasteiger partial charge in [-0.15, -0.1) is 0 Å². The van der Waals surface area contributed by atoms with Crippen molar-refractivity contribution >= 4 is 35.1 Å². The normalized spacial score (nSPS) is 16.8. The molecule has 5 rings (SSSR count). The number of amides is 1. The Bertz CT molecular complexity index is 1170. The highest BCUT2D eigenvalue weighted by molar-refractivity contribution is 7.98. The van der Waals surface area contributed by atoms with Crippen molar-refractivity contribution < 1.29 is 9.53 Å². The number of halogens is 1. The molecule has 0 bridgehead atoms. The van der Waals surface area contributed by atoms with Crippen molar-refractivity contribution in [1.82, 2.24) is 19.8 Å². The van der Waals surface area contributed by atoms with Crippen LogP contribution in [0.2, 0.25) is 5.15 Å². The van der Waals surface area contributed by atoms with E-state index in [-0.39, 0.29) is 5.91 Å². The van der Waals surface area contributed by atoms with Gasteiger partial charge in [0.25, 0.3) is 5.91 Å². The number of thioether (sulfide) groups is 1. The van der Waals surface area contributed by atoms with Crippen LogP contribution >= 0.6 is 23.4 Å². The van der Waals surface area contributed by atoms with Crippen molar-refractivity contribution in [2.45, 2.75) is 17.5 Å². The number of carbonyl (C=O) groups is 1. The van der Waals surface area contributed by atoms with Crippen molar-refractivity contribution in [2.75, 3.05) is 57.4 Å². The van der Waals surface area contributed by atoms with E-state index in [4.69, 9.17) is 21.3 Å². The van der Waals surface area contributed by atoms with Gasteiger partial charge in [0, 0.05) is 63.2 Å². The summed E-state index contributed by atoms with van der Waals surface area (Å²) in [5.41, 5.74) is 3.10. The molecule has 1 aromatic heterocycles. The Hall–Kier alpha value is -2.65. The lowest BCUT2D eigenvalue weighted by Gasteiger charge is -2.34. The minimum Gasteiger partial charge on any atom is -0.378 e. The van der Waals surface area contributed by atoms with E-state index in [0.717, 1.165) is 62.8 Å². The Kier molecular flexibility index (Phi) is 8.38. The van der Waals surface area contributed by atoms with Crippen LogP contribution in [0.5, 0.6) is 0 Å². The van der Waals surface area contributed by atoms with E-state index in [1.54, 1.807) is 6.07 Å². The highest BCUT2D eigenvalue weighted by atomic mass is 35.5. The highest BCUT2D eigenvalue weighted by Crippen LogP contribution is 2.25. The maximum atomic E-state index is 13.2. The van der Waals surface area contributed by atoms with Gasteiger partial charge in [-0.3, -0.25) is 9.69 Å². The zero-order valence-corrected chi connectivity index (χ0v) is 21.8. The van der Waals surface area contributed by atoms with E-state index in [1.807, 2.05) is 35.2 Å². The van der Waals surface area contributed by atoms with E-state index in [0.29, 0.717) is 29.3 Å². The van der Waals surface area contributed by atoms with E-state index in [2.05, 4.69) is 39.0 Å². The molecule has 188 valence electrons. The molecule has 0 spiro atoms. The number of carbonyl (C=O) groups excluding carboxylic acids is 1. The number of nitrogens with zero attached hydrogens (tertiary/aromatic N) is 5. The van der Waals surface area contributed by atoms with Gasteiger partial charge < -0.3 is 14.5 Å². The largest absolute Gasteiger partial charge is 0.378 e. The molecule has 2 aliphatic heterocycles. The second-order valence-corrected chi connectivity index (χ2v) is 10.3. The molecule has 3 heterocycles. The average Bonchev–Trinajstić information content (AvgIpc) is 2.93. The molecular weight excluding hydrogens is 494 g/mol. The van der Waals surface area contributed by atoms with E-state index in [1.165, 1.54) is 17.3 Å². The molecule has 0 N–H and O–H groups in total. The number of ether oxygens (including phenoxy) is 1. The number of hydrogen-bond acceptors (Lipinski definition) is 7. The van der Waals surface area contributed by atoms with Crippen molar-refractivity contribution in [1.29, 1.82) is 0 Å². The Morgan fingerprint density at radius 1 is 0.889 bits per heavy atom. The zero-order chi connectivity index (χ0) is 24.7. The molecule has 0 aliphatic carbocycles. The highest BCUT2D eigenvalue weighted by Gasteiger charge is 2.22. The van der Waals surface area contributed by atoms with E-state index >= 15 is 0 Å². The lowest BCUT2D eigenvalue weighted by molar-refractivity contribution is 0.0628. The zero-order valence-electron chi connectivity index (χ0n) is 20.2. The Morgan fingerprint density at radius 2 is 1.64 bits per heavy atom. The fraction of sp³-hybridized carbons (Fsp3) is 0.370. The fourth-order valence-electron chi connectivity index (χ4n) is 4.48. The predicted octanol–water partition coefficient (Wildman–Crippen LogP) is 4.22. The van der Waals surface area contributed by atoms with Crippen molar-refractivity contribution in [3.63, 3.8) is 0 Å². The van der Waals surface area contributed by atoms with Crippen LogP contribution in [0.25, 0.3) is 0 Å². The van der Waals surface area contributed by atoms with Crippen LogP contribution in [0.3, 0.4) is 0 Å². The lowest BCUT2D eigenvalue weighted by atomic mass is 10.1. The maximum Gasteiger partial charge on any atom is 0.253 e. The summed E-state index contributed by atoms with van der Waals surface area (Å²) < 4.78 is 5.43.